The summed E-state index contributed by atoms with van der Waals surface area (Å²) in [7, 11) is -4.27. The van der Waals surface area contributed by atoms with Crippen LogP contribution in [0.15, 0.2) is 23.2 Å². The van der Waals surface area contributed by atoms with E-state index >= 15 is 0 Å². The van der Waals surface area contributed by atoms with Gasteiger partial charge in [-0.25, -0.2) is 13.4 Å². The van der Waals surface area contributed by atoms with E-state index in [-0.39, 0.29) is 5.15 Å². The Kier molecular flexibility index (Phi) is 4.81. The molecule has 0 amide bonds. The minimum Gasteiger partial charge on any atom is -0.481 e. The Morgan fingerprint density at radius 3 is 2.53 bits per heavy atom. The monoisotopic (exact) mass is 308 g/mol. The molecule has 0 saturated carbocycles. The van der Waals surface area contributed by atoms with Crippen LogP contribution in [0.1, 0.15) is 6.42 Å². The van der Waals surface area contributed by atoms with Gasteiger partial charge in [-0.2, -0.15) is 4.72 Å². The molecule has 0 fully saturated rings. The number of nitrogens with one attached hydrogen (secondary N) is 1. The Bertz CT molecular complexity index is 602. The van der Waals surface area contributed by atoms with Crippen LogP contribution in [0, 0.1) is 0 Å². The zero-order chi connectivity index (χ0) is 14.6. The number of hydrogen-bond acceptors (Lipinski definition) is 5. The third-order valence-electron chi connectivity index (χ3n) is 1.99. The highest BCUT2D eigenvalue weighted by Crippen LogP contribution is 2.18. The highest BCUT2D eigenvalue weighted by Gasteiger charge is 2.28. The first kappa shape index (κ1) is 15.3. The fraction of sp³-hybridized carbons (Fsp3) is 0.222. The quantitative estimate of drug-likeness (QED) is 0.627. The highest BCUT2D eigenvalue weighted by molar-refractivity contribution is 7.89. The van der Waals surface area contributed by atoms with E-state index in [0.29, 0.717) is 0 Å². The molecular formula is C9H9ClN2O6S. The zero-order valence-electron chi connectivity index (χ0n) is 9.28. The average Bonchev–Trinajstić information content (AvgIpc) is 2.27. The van der Waals surface area contributed by atoms with Gasteiger partial charge in [0.05, 0.1) is 6.42 Å². The summed E-state index contributed by atoms with van der Waals surface area (Å²) in [4.78, 5) is 24.4. The smallest absolute Gasteiger partial charge is 0.322 e. The van der Waals surface area contributed by atoms with E-state index in [1.807, 2.05) is 0 Å². The largest absolute Gasteiger partial charge is 0.481 e. The number of rotatable bonds is 6. The lowest BCUT2D eigenvalue weighted by Crippen LogP contribution is -2.42. The maximum absolute atomic E-state index is 11.9. The molecular weight excluding hydrogens is 300 g/mol. The first-order valence-electron chi connectivity index (χ1n) is 4.81. The topological polar surface area (TPSA) is 134 Å². The van der Waals surface area contributed by atoms with Gasteiger partial charge in [-0.15, -0.1) is 0 Å². The summed E-state index contributed by atoms with van der Waals surface area (Å²) in [6.07, 6.45) is 0.361. The van der Waals surface area contributed by atoms with Gasteiger partial charge in [0, 0.05) is 6.20 Å². The third-order valence-corrected chi connectivity index (χ3v) is 3.91. The summed E-state index contributed by atoms with van der Waals surface area (Å²) in [5.74, 6) is -3.06. The minimum absolute atomic E-state index is 0.338. The van der Waals surface area contributed by atoms with Crippen LogP contribution in [0.5, 0.6) is 0 Å². The SMILES string of the molecule is O=C(O)CC(NS(=O)(=O)c1cccnc1Cl)C(=O)O. The fourth-order valence-corrected chi connectivity index (χ4v) is 2.82. The molecule has 0 aromatic carbocycles. The van der Waals surface area contributed by atoms with Gasteiger partial charge in [0.25, 0.3) is 0 Å². The van der Waals surface area contributed by atoms with Crippen molar-refractivity contribution < 1.29 is 28.2 Å². The minimum atomic E-state index is -4.27. The van der Waals surface area contributed by atoms with Crippen LogP contribution in [0.25, 0.3) is 0 Å². The van der Waals surface area contributed by atoms with Crippen LogP contribution in [-0.2, 0) is 19.6 Å². The van der Waals surface area contributed by atoms with Gasteiger partial charge in [0.2, 0.25) is 10.0 Å². The number of aliphatic carboxylic acids is 2. The summed E-state index contributed by atoms with van der Waals surface area (Å²) in [6, 6.07) is 0.629. The van der Waals surface area contributed by atoms with Gasteiger partial charge >= 0.3 is 11.9 Å². The van der Waals surface area contributed by atoms with Crippen molar-refractivity contribution in [1.82, 2.24) is 9.71 Å². The normalized spacial score (nSPS) is 12.9. The molecule has 0 aliphatic heterocycles. The Hall–Kier alpha value is -1.71. The molecule has 3 N–H and O–H groups in total. The van der Waals surface area contributed by atoms with Crippen molar-refractivity contribution in [3.05, 3.63) is 23.5 Å². The Morgan fingerprint density at radius 1 is 1.42 bits per heavy atom. The summed E-state index contributed by atoms with van der Waals surface area (Å²) in [5, 5.41) is 16.9. The predicted octanol–water partition coefficient (Wildman–Crippen LogP) is -0.0588. The number of sulfonamides is 1. The molecule has 0 spiro atoms. The summed E-state index contributed by atoms with van der Waals surface area (Å²) in [6.45, 7) is 0. The van der Waals surface area contributed by atoms with Crippen LogP contribution in [0.3, 0.4) is 0 Å². The first-order valence-corrected chi connectivity index (χ1v) is 6.67. The van der Waals surface area contributed by atoms with Gasteiger partial charge in [-0.05, 0) is 12.1 Å². The van der Waals surface area contributed by atoms with Gasteiger partial charge in [-0.3, -0.25) is 9.59 Å². The van der Waals surface area contributed by atoms with E-state index in [4.69, 9.17) is 21.8 Å². The Balaban J connectivity index is 3.04. The van der Waals surface area contributed by atoms with Crippen molar-refractivity contribution in [3.63, 3.8) is 0 Å². The number of halogens is 1. The molecule has 1 heterocycles. The van der Waals surface area contributed by atoms with Gasteiger partial charge in [0.15, 0.2) is 0 Å². The lowest BCUT2D eigenvalue weighted by atomic mass is 10.2. The van der Waals surface area contributed by atoms with E-state index in [1.165, 1.54) is 12.3 Å². The molecule has 1 aromatic rings. The second-order valence-electron chi connectivity index (χ2n) is 3.40. The van der Waals surface area contributed by atoms with Crippen LogP contribution in [-0.4, -0.2) is 41.6 Å². The fourth-order valence-electron chi connectivity index (χ4n) is 1.18. The van der Waals surface area contributed by atoms with E-state index in [0.717, 1.165) is 6.07 Å². The van der Waals surface area contributed by atoms with E-state index in [9.17, 15) is 18.0 Å². The Morgan fingerprint density at radius 2 is 2.05 bits per heavy atom. The first-order chi connectivity index (χ1) is 8.74. The predicted molar refractivity (Wildman–Crippen MR) is 63.2 cm³/mol. The van der Waals surface area contributed by atoms with Gasteiger partial charge in [-0.1, -0.05) is 11.6 Å². The number of aromatic nitrogens is 1. The van der Waals surface area contributed by atoms with E-state index < -0.39 is 39.3 Å². The molecule has 1 atom stereocenters. The average molecular weight is 309 g/mol. The maximum Gasteiger partial charge on any atom is 0.322 e. The second-order valence-corrected chi connectivity index (χ2v) is 5.44. The highest BCUT2D eigenvalue weighted by atomic mass is 35.5. The van der Waals surface area contributed by atoms with Crippen LogP contribution in [0.4, 0.5) is 0 Å². The summed E-state index contributed by atoms with van der Waals surface area (Å²) in [5.41, 5.74) is 0. The maximum atomic E-state index is 11.9. The second kappa shape index (κ2) is 5.95. The van der Waals surface area contributed by atoms with Gasteiger partial charge in [0.1, 0.15) is 16.1 Å². The number of carboxylic acid groups (broad SMARTS) is 2. The molecule has 0 aliphatic carbocycles. The van der Waals surface area contributed by atoms with Crippen molar-refractivity contribution in [2.45, 2.75) is 17.4 Å². The van der Waals surface area contributed by atoms with Crippen LogP contribution < -0.4 is 4.72 Å². The van der Waals surface area contributed by atoms with Crippen LogP contribution >= 0.6 is 11.6 Å². The molecule has 19 heavy (non-hydrogen) atoms. The molecule has 10 heteroatoms. The van der Waals surface area contributed by atoms with Crippen molar-refractivity contribution in [3.8, 4) is 0 Å². The number of carboxylic acids is 2. The summed E-state index contributed by atoms with van der Waals surface area (Å²) >= 11 is 5.58. The summed E-state index contributed by atoms with van der Waals surface area (Å²) < 4.78 is 25.5. The molecule has 0 radical (unpaired) electrons. The standard InChI is InChI=1S/C9H9ClN2O6S/c10-8-6(2-1-3-11-8)19(17,18)12-5(9(15)16)4-7(13)14/h1-3,5,12H,4H2,(H,13,14)(H,15,16). The molecule has 0 bridgehead atoms. The van der Waals surface area contributed by atoms with Crippen molar-refractivity contribution in [2.75, 3.05) is 0 Å². The van der Waals surface area contributed by atoms with Crippen molar-refractivity contribution in [1.29, 1.82) is 0 Å². The molecule has 0 saturated heterocycles. The zero-order valence-corrected chi connectivity index (χ0v) is 10.8. The van der Waals surface area contributed by atoms with Crippen molar-refractivity contribution >= 4 is 33.6 Å². The number of pyridine rings is 1. The van der Waals surface area contributed by atoms with Crippen molar-refractivity contribution in [2.24, 2.45) is 0 Å². The van der Waals surface area contributed by atoms with E-state index in [2.05, 4.69) is 4.98 Å². The molecule has 104 valence electrons. The third kappa shape index (κ3) is 4.16. The Labute approximate surface area is 113 Å². The molecule has 0 aliphatic rings. The van der Waals surface area contributed by atoms with E-state index in [1.54, 1.807) is 4.72 Å². The number of carbonyl (C=O) groups is 2. The molecule has 8 nitrogen and oxygen atoms in total. The van der Waals surface area contributed by atoms with Gasteiger partial charge < -0.3 is 10.2 Å². The van der Waals surface area contributed by atoms with Crippen LogP contribution in [0.2, 0.25) is 5.15 Å². The lowest BCUT2D eigenvalue weighted by molar-refractivity contribution is -0.145. The molecule has 1 unspecified atom stereocenters. The molecule has 1 rings (SSSR count). The molecule has 1 aromatic heterocycles. The number of hydrogen-bond donors (Lipinski definition) is 3. The lowest BCUT2D eigenvalue weighted by Gasteiger charge is -2.13. The number of nitrogens with zero attached hydrogens (tertiary/aromatic N) is 1.